The summed E-state index contributed by atoms with van der Waals surface area (Å²) in [5.74, 6) is 0.615. The van der Waals surface area contributed by atoms with Crippen molar-refractivity contribution in [3.05, 3.63) is 76.3 Å². The van der Waals surface area contributed by atoms with Gasteiger partial charge in [0.25, 0.3) is 0 Å². The fourth-order valence-electron chi connectivity index (χ4n) is 4.34. The average Bonchev–Trinajstić information content (AvgIpc) is 3.37. The summed E-state index contributed by atoms with van der Waals surface area (Å²) in [4.78, 5) is 0. The Labute approximate surface area is 169 Å². The highest BCUT2D eigenvalue weighted by molar-refractivity contribution is 6.09. The van der Waals surface area contributed by atoms with Crippen LogP contribution in [0.4, 0.5) is 0 Å². The van der Waals surface area contributed by atoms with Crippen LogP contribution in [0.5, 0.6) is 0 Å². The van der Waals surface area contributed by atoms with E-state index in [4.69, 9.17) is 0 Å². The summed E-state index contributed by atoms with van der Waals surface area (Å²) in [5, 5.41) is 17.0. The third kappa shape index (κ3) is 2.73. The van der Waals surface area contributed by atoms with Crippen LogP contribution in [0.1, 0.15) is 27.8 Å². The number of aromatic nitrogens is 5. The fourth-order valence-corrected chi connectivity index (χ4v) is 4.34. The summed E-state index contributed by atoms with van der Waals surface area (Å²) in [6, 6.07) is 17.3. The molecule has 0 radical (unpaired) electrons. The van der Waals surface area contributed by atoms with Crippen LogP contribution in [0, 0.1) is 27.7 Å². The van der Waals surface area contributed by atoms with Crippen molar-refractivity contribution in [1.82, 2.24) is 25.2 Å². The third-order valence-corrected chi connectivity index (χ3v) is 6.21. The summed E-state index contributed by atoms with van der Waals surface area (Å²) in [7, 11) is 0. The molecule has 0 saturated carbocycles. The second-order valence-electron chi connectivity index (χ2n) is 7.81. The van der Waals surface area contributed by atoms with Crippen LogP contribution in [-0.2, 0) is 6.54 Å². The predicted octanol–water partition coefficient (Wildman–Crippen LogP) is 5.26. The van der Waals surface area contributed by atoms with Gasteiger partial charge in [0.2, 0.25) is 5.82 Å². The molecule has 0 atom stereocenters. The van der Waals surface area contributed by atoms with Crippen molar-refractivity contribution in [1.29, 1.82) is 0 Å². The number of aryl methyl sites for hydroxylation is 2. The molecule has 0 aliphatic rings. The molecule has 3 aromatic carbocycles. The van der Waals surface area contributed by atoms with Crippen LogP contribution in [0.15, 0.2) is 48.5 Å². The summed E-state index contributed by atoms with van der Waals surface area (Å²) >= 11 is 0. The Morgan fingerprint density at radius 3 is 2.28 bits per heavy atom. The minimum Gasteiger partial charge on any atom is -0.336 e. The Balaban J connectivity index is 1.76. The van der Waals surface area contributed by atoms with Gasteiger partial charge in [-0.25, -0.2) is 0 Å². The first-order chi connectivity index (χ1) is 14.0. The Bertz CT molecular complexity index is 1330. The number of nitrogens with zero attached hydrogens (tertiary/aromatic N) is 4. The summed E-state index contributed by atoms with van der Waals surface area (Å²) in [6.07, 6.45) is 0. The molecule has 5 aromatic rings. The van der Waals surface area contributed by atoms with E-state index >= 15 is 0 Å². The van der Waals surface area contributed by atoms with Gasteiger partial charge in [0.05, 0.1) is 0 Å². The van der Waals surface area contributed by atoms with Crippen molar-refractivity contribution >= 4 is 21.8 Å². The lowest BCUT2D eigenvalue weighted by Crippen LogP contribution is -2.06. The molecule has 0 unspecified atom stereocenters. The van der Waals surface area contributed by atoms with Gasteiger partial charge in [-0.2, -0.15) is 5.21 Å². The highest BCUT2D eigenvalue weighted by Gasteiger charge is 2.16. The third-order valence-electron chi connectivity index (χ3n) is 6.21. The van der Waals surface area contributed by atoms with Gasteiger partial charge in [0.15, 0.2) is 0 Å². The van der Waals surface area contributed by atoms with Gasteiger partial charge >= 0.3 is 0 Å². The molecule has 5 nitrogen and oxygen atoms in total. The predicted molar refractivity (Wildman–Crippen MR) is 117 cm³/mol. The molecule has 1 N–H and O–H groups in total. The Morgan fingerprint density at radius 2 is 1.55 bits per heavy atom. The standard InChI is InChI=1S/C24H23N5/c1-14-11-15(2)17(4)21(16(14)3)13-29-22-8-6-5-7-19(22)20-12-18(9-10-23(20)29)24-25-27-28-26-24/h5-12H,13H2,1-4H3,(H,25,26,27,28). The minimum atomic E-state index is 0.615. The second-order valence-corrected chi connectivity index (χ2v) is 7.81. The van der Waals surface area contributed by atoms with E-state index in [-0.39, 0.29) is 0 Å². The summed E-state index contributed by atoms with van der Waals surface area (Å²) in [6.45, 7) is 9.73. The maximum Gasteiger partial charge on any atom is 0.204 e. The highest BCUT2D eigenvalue weighted by Crippen LogP contribution is 2.33. The normalized spacial score (nSPS) is 11.6. The van der Waals surface area contributed by atoms with Gasteiger partial charge < -0.3 is 4.57 Å². The van der Waals surface area contributed by atoms with Gasteiger partial charge in [0.1, 0.15) is 0 Å². The first-order valence-corrected chi connectivity index (χ1v) is 9.85. The fraction of sp³-hybridized carbons (Fsp3) is 0.208. The second kappa shape index (κ2) is 6.55. The topological polar surface area (TPSA) is 59.4 Å². The molecule has 0 amide bonds. The van der Waals surface area contributed by atoms with E-state index < -0.39 is 0 Å². The number of H-pyrrole nitrogens is 1. The summed E-state index contributed by atoms with van der Waals surface area (Å²) in [5.41, 5.74) is 10.3. The van der Waals surface area contributed by atoms with E-state index in [0.29, 0.717) is 5.82 Å². The Morgan fingerprint density at radius 1 is 0.828 bits per heavy atom. The number of hydrogen-bond donors (Lipinski definition) is 1. The number of tetrazole rings is 1. The monoisotopic (exact) mass is 381 g/mol. The quantitative estimate of drug-likeness (QED) is 0.464. The molecule has 0 aliphatic carbocycles. The lowest BCUT2D eigenvalue weighted by Gasteiger charge is -2.17. The number of para-hydroxylation sites is 1. The molecule has 0 fully saturated rings. The molecule has 29 heavy (non-hydrogen) atoms. The Kier molecular flexibility index (Phi) is 3.98. The molecular formula is C24H23N5. The number of nitrogens with one attached hydrogen (secondary N) is 1. The van der Waals surface area contributed by atoms with Crippen molar-refractivity contribution in [2.45, 2.75) is 34.2 Å². The van der Waals surface area contributed by atoms with E-state index in [9.17, 15) is 0 Å². The Hall–Kier alpha value is -3.47. The van der Waals surface area contributed by atoms with E-state index in [1.165, 1.54) is 49.6 Å². The van der Waals surface area contributed by atoms with Crippen molar-refractivity contribution < 1.29 is 0 Å². The maximum atomic E-state index is 4.14. The first kappa shape index (κ1) is 17.6. The van der Waals surface area contributed by atoms with Crippen molar-refractivity contribution in [2.75, 3.05) is 0 Å². The van der Waals surface area contributed by atoms with Crippen molar-refractivity contribution in [2.24, 2.45) is 0 Å². The first-order valence-electron chi connectivity index (χ1n) is 9.85. The zero-order valence-corrected chi connectivity index (χ0v) is 17.1. The molecule has 0 spiro atoms. The lowest BCUT2D eigenvalue weighted by atomic mass is 9.94. The van der Waals surface area contributed by atoms with Crippen LogP contribution in [0.3, 0.4) is 0 Å². The van der Waals surface area contributed by atoms with Gasteiger partial charge in [-0.05, 0) is 85.0 Å². The molecule has 2 aromatic heterocycles. The van der Waals surface area contributed by atoms with Gasteiger partial charge in [-0.15, -0.1) is 10.2 Å². The molecule has 2 heterocycles. The number of benzene rings is 3. The molecule has 0 bridgehead atoms. The van der Waals surface area contributed by atoms with Crippen LogP contribution in [0.25, 0.3) is 33.2 Å². The SMILES string of the molecule is Cc1cc(C)c(C)c(Cn2c3ccccc3c3cc(-c4nn[nH]n4)ccc32)c1C. The zero-order valence-electron chi connectivity index (χ0n) is 17.1. The lowest BCUT2D eigenvalue weighted by molar-refractivity contribution is 0.848. The smallest absolute Gasteiger partial charge is 0.204 e. The highest BCUT2D eigenvalue weighted by atomic mass is 15.5. The van der Waals surface area contributed by atoms with Crippen molar-refractivity contribution in [3.8, 4) is 11.4 Å². The zero-order chi connectivity index (χ0) is 20.1. The molecule has 144 valence electrons. The van der Waals surface area contributed by atoms with Gasteiger partial charge in [-0.1, -0.05) is 24.3 Å². The van der Waals surface area contributed by atoms with E-state index in [1.807, 2.05) is 0 Å². The average molecular weight is 381 g/mol. The van der Waals surface area contributed by atoms with Gasteiger partial charge in [0, 0.05) is 33.9 Å². The van der Waals surface area contributed by atoms with Crippen LogP contribution in [0.2, 0.25) is 0 Å². The molecule has 5 rings (SSSR count). The number of rotatable bonds is 3. The van der Waals surface area contributed by atoms with E-state index in [2.05, 4.69) is 101 Å². The number of hydrogen-bond acceptors (Lipinski definition) is 3. The number of aromatic amines is 1. The maximum absolute atomic E-state index is 4.14. The van der Waals surface area contributed by atoms with Crippen LogP contribution < -0.4 is 0 Å². The molecular weight excluding hydrogens is 358 g/mol. The largest absolute Gasteiger partial charge is 0.336 e. The van der Waals surface area contributed by atoms with Crippen LogP contribution >= 0.6 is 0 Å². The van der Waals surface area contributed by atoms with E-state index in [1.54, 1.807) is 0 Å². The molecule has 0 aliphatic heterocycles. The van der Waals surface area contributed by atoms with E-state index in [0.717, 1.165) is 12.1 Å². The van der Waals surface area contributed by atoms with Crippen molar-refractivity contribution in [3.63, 3.8) is 0 Å². The minimum absolute atomic E-state index is 0.615. The number of fused-ring (bicyclic) bond motifs is 3. The van der Waals surface area contributed by atoms with Gasteiger partial charge in [-0.3, -0.25) is 0 Å². The van der Waals surface area contributed by atoms with Crippen LogP contribution in [-0.4, -0.2) is 25.2 Å². The molecule has 5 heteroatoms. The summed E-state index contributed by atoms with van der Waals surface area (Å²) < 4.78 is 2.43. The molecule has 0 saturated heterocycles.